The van der Waals surface area contributed by atoms with E-state index in [1.54, 1.807) is 6.92 Å². The Morgan fingerprint density at radius 2 is 1.92 bits per heavy atom. The van der Waals surface area contributed by atoms with Crippen molar-refractivity contribution in [2.45, 2.75) is 19.9 Å². The van der Waals surface area contributed by atoms with Gasteiger partial charge in [0.1, 0.15) is 11.5 Å². The highest BCUT2D eigenvalue weighted by molar-refractivity contribution is 5.72. The molecule has 0 bridgehead atoms. The van der Waals surface area contributed by atoms with Crippen LogP contribution in [-0.2, 0) is 11.3 Å². The van der Waals surface area contributed by atoms with Crippen LogP contribution in [0.1, 0.15) is 18.9 Å². The second-order valence-corrected chi connectivity index (χ2v) is 6.35. The number of amides is 1. The van der Waals surface area contributed by atoms with Crippen LogP contribution in [0.2, 0.25) is 0 Å². The molecule has 0 aliphatic carbocycles. The molecule has 1 amide bonds. The van der Waals surface area contributed by atoms with E-state index < -0.39 is 0 Å². The Morgan fingerprint density at radius 3 is 2.71 bits per heavy atom. The molecule has 0 saturated carbocycles. The number of ether oxygens (including phenoxy) is 1. The van der Waals surface area contributed by atoms with Gasteiger partial charge in [-0.3, -0.25) is 9.69 Å². The molecule has 0 radical (unpaired) electrons. The minimum Gasteiger partial charge on any atom is -0.457 e. The Balaban J connectivity index is 1.61. The normalized spacial score (nSPS) is 17.6. The molecular weight excluding hydrogens is 300 g/mol. The summed E-state index contributed by atoms with van der Waals surface area (Å²) in [5, 5.41) is 2.93. The molecule has 1 aliphatic rings. The minimum atomic E-state index is 0.0510. The van der Waals surface area contributed by atoms with Gasteiger partial charge in [-0.25, -0.2) is 0 Å². The monoisotopic (exact) mass is 324 g/mol. The third-order valence-corrected chi connectivity index (χ3v) is 4.35. The lowest BCUT2D eigenvalue weighted by molar-refractivity contribution is -0.119. The number of rotatable bonds is 6. The van der Waals surface area contributed by atoms with Gasteiger partial charge in [0.15, 0.2) is 0 Å². The van der Waals surface area contributed by atoms with Gasteiger partial charge in [0, 0.05) is 32.1 Å². The first-order valence-electron chi connectivity index (χ1n) is 8.48. The Hall–Kier alpha value is -2.33. The highest BCUT2D eigenvalue weighted by atomic mass is 16.5. The summed E-state index contributed by atoms with van der Waals surface area (Å²) in [4.78, 5) is 13.5. The van der Waals surface area contributed by atoms with Crippen LogP contribution in [0.4, 0.5) is 0 Å². The predicted octanol–water partition coefficient (Wildman–Crippen LogP) is 3.44. The average Bonchev–Trinajstić information content (AvgIpc) is 3.03. The summed E-state index contributed by atoms with van der Waals surface area (Å²) in [5.41, 5.74) is 1.20. The van der Waals surface area contributed by atoms with Gasteiger partial charge in [0.2, 0.25) is 5.91 Å². The molecule has 2 aromatic carbocycles. The van der Waals surface area contributed by atoms with E-state index in [1.807, 2.05) is 42.5 Å². The summed E-state index contributed by atoms with van der Waals surface area (Å²) in [6, 6.07) is 18.1. The number of hydrogen-bond acceptors (Lipinski definition) is 3. The zero-order valence-electron chi connectivity index (χ0n) is 14.1. The highest BCUT2D eigenvalue weighted by Crippen LogP contribution is 2.27. The van der Waals surface area contributed by atoms with Crippen molar-refractivity contribution in [1.82, 2.24) is 10.2 Å². The highest BCUT2D eigenvalue weighted by Gasteiger charge is 2.23. The first-order chi connectivity index (χ1) is 11.7. The first kappa shape index (κ1) is 16.5. The minimum absolute atomic E-state index is 0.0510. The number of nitrogens with zero attached hydrogens (tertiary/aromatic N) is 1. The number of likely N-dealkylation sites (tertiary alicyclic amines) is 1. The van der Waals surface area contributed by atoms with Gasteiger partial charge < -0.3 is 10.1 Å². The molecule has 1 N–H and O–H groups in total. The number of nitrogens with one attached hydrogen (secondary N) is 1. The quantitative estimate of drug-likeness (QED) is 0.885. The van der Waals surface area contributed by atoms with Crippen LogP contribution < -0.4 is 10.1 Å². The summed E-state index contributed by atoms with van der Waals surface area (Å²) < 4.78 is 6.04. The smallest absolute Gasteiger partial charge is 0.216 e. The standard InChI is InChI=1S/C20H24N2O2/c1-16(23)21-13-17-11-12-22(14-17)15-18-7-5-6-10-20(18)24-19-8-3-2-4-9-19/h2-10,17H,11-15H2,1H3,(H,21,23)/t17-/m0/s1. The van der Waals surface area contributed by atoms with Crippen LogP contribution in [0.25, 0.3) is 0 Å². The van der Waals surface area contributed by atoms with Crippen molar-refractivity contribution in [1.29, 1.82) is 0 Å². The van der Waals surface area contributed by atoms with E-state index in [0.717, 1.165) is 44.1 Å². The Morgan fingerprint density at radius 1 is 1.17 bits per heavy atom. The fourth-order valence-electron chi connectivity index (χ4n) is 3.10. The van der Waals surface area contributed by atoms with Crippen LogP contribution >= 0.6 is 0 Å². The maximum Gasteiger partial charge on any atom is 0.216 e. The van der Waals surface area contributed by atoms with Gasteiger partial charge in [0.05, 0.1) is 0 Å². The zero-order chi connectivity index (χ0) is 16.8. The molecule has 1 aliphatic heterocycles. The van der Waals surface area contributed by atoms with Crippen molar-refractivity contribution in [3.05, 3.63) is 60.2 Å². The summed E-state index contributed by atoms with van der Waals surface area (Å²) in [7, 11) is 0. The van der Waals surface area contributed by atoms with Crippen LogP contribution in [0.5, 0.6) is 11.5 Å². The van der Waals surface area contributed by atoms with Crippen molar-refractivity contribution in [3.63, 3.8) is 0 Å². The van der Waals surface area contributed by atoms with Crippen molar-refractivity contribution < 1.29 is 9.53 Å². The van der Waals surface area contributed by atoms with E-state index in [-0.39, 0.29) is 5.91 Å². The van der Waals surface area contributed by atoms with Gasteiger partial charge in [-0.15, -0.1) is 0 Å². The fourth-order valence-corrected chi connectivity index (χ4v) is 3.10. The molecular formula is C20H24N2O2. The lowest BCUT2D eigenvalue weighted by Gasteiger charge is -2.18. The Bertz CT molecular complexity index is 672. The molecule has 126 valence electrons. The van der Waals surface area contributed by atoms with Crippen LogP contribution in [0.15, 0.2) is 54.6 Å². The lowest BCUT2D eigenvalue weighted by Crippen LogP contribution is -2.29. The van der Waals surface area contributed by atoms with Crippen molar-refractivity contribution in [2.24, 2.45) is 5.92 Å². The van der Waals surface area contributed by atoms with E-state index in [9.17, 15) is 4.79 Å². The first-order valence-corrected chi connectivity index (χ1v) is 8.48. The van der Waals surface area contributed by atoms with Gasteiger partial charge in [-0.2, -0.15) is 0 Å². The third-order valence-electron chi connectivity index (χ3n) is 4.35. The molecule has 1 fully saturated rings. The molecule has 2 aromatic rings. The number of carbonyl (C=O) groups is 1. The maximum atomic E-state index is 11.1. The maximum absolute atomic E-state index is 11.1. The van der Waals surface area contributed by atoms with E-state index >= 15 is 0 Å². The average molecular weight is 324 g/mol. The SMILES string of the molecule is CC(=O)NC[C@@H]1CCN(Cc2ccccc2Oc2ccccc2)C1. The molecule has 0 unspecified atom stereocenters. The second kappa shape index (κ2) is 7.97. The third kappa shape index (κ3) is 4.59. The zero-order valence-corrected chi connectivity index (χ0v) is 14.1. The topological polar surface area (TPSA) is 41.6 Å². The second-order valence-electron chi connectivity index (χ2n) is 6.35. The number of carbonyl (C=O) groups excluding carboxylic acids is 1. The fraction of sp³-hybridized carbons (Fsp3) is 0.350. The Kier molecular flexibility index (Phi) is 5.49. The molecule has 3 rings (SSSR count). The van der Waals surface area contributed by atoms with Gasteiger partial charge in [0.25, 0.3) is 0 Å². The van der Waals surface area contributed by atoms with Crippen LogP contribution in [0, 0.1) is 5.92 Å². The molecule has 24 heavy (non-hydrogen) atoms. The molecule has 1 heterocycles. The number of benzene rings is 2. The summed E-state index contributed by atoms with van der Waals surface area (Å²) in [6.45, 7) is 5.29. The lowest BCUT2D eigenvalue weighted by atomic mass is 10.1. The molecule has 1 saturated heterocycles. The summed E-state index contributed by atoms with van der Waals surface area (Å²) in [5.74, 6) is 2.36. The van der Waals surface area contributed by atoms with Crippen molar-refractivity contribution in [2.75, 3.05) is 19.6 Å². The van der Waals surface area contributed by atoms with Gasteiger partial charge in [-0.1, -0.05) is 36.4 Å². The molecule has 4 nitrogen and oxygen atoms in total. The molecule has 0 aromatic heterocycles. The van der Waals surface area contributed by atoms with E-state index in [4.69, 9.17) is 4.74 Å². The Labute approximate surface area is 143 Å². The predicted molar refractivity (Wildman–Crippen MR) is 95.0 cm³/mol. The largest absolute Gasteiger partial charge is 0.457 e. The van der Waals surface area contributed by atoms with Crippen LogP contribution in [-0.4, -0.2) is 30.4 Å². The van der Waals surface area contributed by atoms with E-state index in [2.05, 4.69) is 22.3 Å². The van der Waals surface area contributed by atoms with E-state index in [1.165, 1.54) is 5.56 Å². The number of para-hydroxylation sites is 2. The van der Waals surface area contributed by atoms with E-state index in [0.29, 0.717) is 5.92 Å². The van der Waals surface area contributed by atoms with Crippen molar-refractivity contribution in [3.8, 4) is 11.5 Å². The molecule has 4 heteroatoms. The number of hydrogen-bond donors (Lipinski definition) is 1. The van der Waals surface area contributed by atoms with Crippen LogP contribution in [0.3, 0.4) is 0 Å². The van der Waals surface area contributed by atoms with Gasteiger partial charge >= 0.3 is 0 Å². The molecule has 0 spiro atoms. The molecule has 1 atom stereocenters. The summed E-state index contributed by atoms with van der Waals surface area (Å²) >= 11 is 0. The summed E-state index contributed by atoms with van der Waals surface area (Å²) in [6.07, 6.45) is 1.13. The van der Waals surface area contributed by atoms with Gasteiger partial charge in [-0.05, 0) is 37.1 Å². The van der Waals surface area contributed by atoms with Crippen molar-refractivity contribution >= 4 is 5.91 Å².